The highest BCUT2D eigenvalue weighted by molar-refractivity contribution is 5.81. The largest absolute Gasteiger partial charge is 0.495 e. The molecule has 0 aliphatic carbocycles. The summed E-state index contributed by atoms with van der Waals surface area (Å²) in [4.78, 5) is 11.7. The van der Waals surface area contributed by atoms with Gasteiger partial charge in [-0.25, -0.2) is 0 Å². The van der Waals surface area contributed by atoms with Crippen molar-refractivity contribution in [2.75, 3.05) is 25.5 Å². The molecule has 0 aromatic heterocycles. The van der Waals surface area contributed by atoms with Crippen LogP contribution in [0, 0.1) is 5.92 Å². The van der Waals surface area contributed by atoms with Crippen LogP contribution in [0.5, 0.6) is 5.75 Å². The zero-order valence-electron chi connectivity index (χ0n) is 12.3. The molecule has 0 spiro atoms. The molecule has 1 aromatic carbocycles. The minimum Gasteiger partial charge on any atom is -0.495 e. The number of hydrogen-bond donors (Lipinski definition) is 3. The number of para-hydroxylation sites is 2. The molecule has 20 heavy (non-hydrogen) atoms. The van der Waals surface area contributed by atoms with Crippen LogP contribution in [0.4, 0.5) is 5.69 Å². The van der Waals surface area contributed by atoms with E-state index in [1.165, 1.54) is 0 Å². The lowest BCUT2D eigenvalue weighted by molar-refractivity contribution is -0.119. The Morgan fingerprint density at radius 3 is 2.70 bits per heavy atom. The quantitative estimate of drug-likeness (QED) is 0.677. The maximum atomic E-state index is 11.7. The third-order valence-corrected chi connectivity index (χ3v) is 2.82. The molecule has 0 aliphatic rings. The highest BCUT2D eigenvalue weighted by Gasteiger charge is 2.09. The molecular formula is C15H24N2O3. The number of nitrogens with one attached hydrogen (secondary N) is 2. The number of carbonyl (C=O) groups excluding carboxylic acids is 1. The summed E-state index contributed by atoms with van der Waals surface area (Å²) >= 11 is 0. The third-order valence-electron chi connectivity index (χ3n) is 2.82. The van der Waals surface area contributed by atoms with Crippen molar-refractivity contribution in [3.05, 3.63) is 24.3 Å². The number of amides is 1. The SMILES string of the molecule is COc1ccccc1NCC(=O)NCC(O)CC(C)C. The molecule has 5 heteroatoms. The maximum Gasteiger partial charge on any atom is 0.239 e. The van der Waals surface area contributed by atoms with E-state index in [1.807, 2.05) is 38.1 Å². The van der Waals surface area contributed by atoms with Crippen LogP contribution < -0.4 is 15.4 Å². The summed E-state index contributed by atoms with van der Waals surface area (Å²) in [6.45, 7) is 4.50. The summed E-state index contributed by atoms with van der Waals surface area (Å²) < 4.78 is 5.19. The number of ether oxygens (including phenoxy) is 1. The maximum absolute atomic E-state index is 11.7. The summed E-state index contributed by atoms with van der Waals surface area (Å²) in [7, 11) is 1.59. The van der Waals surface area contributed by atoms with E-state index < -0.39 is 6.10 Å². The Kier molecular flexibility index (Phi) is 6.87. The van der Waals surface area contributed by atoms with Gasteiger partial charge in [-0.2, -0.15) is 0 Å². The lowest BCUT2D eigenvalue weighted by atomic mass is 10.1. The van der Waals surface area contributed by atoms with Gasteiger partial charge in [-0.1, -0.05) is 26.0 Å². The van der Waals surface area contributed by atoms with Gasteiger partial charge in [0, 0.05) is 6.54 Å². The molecule has 0 saturated heterocycles. The number of aliphatic hydroxyl groups is 1. The van der Waals surface area contributed by atoms with Crippen molar-refractivity contribution in [2.45, 2.75) is 26.4 Å². The van der Waals surface area contributed by atoms with Gasteiger partial charge < -0.3 is 20.5 Å². The second-order valence-corrected chi connectivity index (χ2v) is 5.14. The molecule has 0 fully saturated rings. The zero-order chi connectivity index (χ0) is 15.0. The van der Waals surface area contributed by atoms with Crippen LogP contribution in [0.15, 0.2) is 24.3 Å². The van der Waals surface area contributed by atoms with Crippen molar-refractivity contribution in [3.63, 3.8) is 0 Å². The molecule has 1 atom stereocenters. The highest BCUT2D eigenvalue weighted by atomic mass is 16.5. The minimum absolute atomic E-state index is 0.148. The summed E-state index contributed by atoms with van der Waals surface area (Å²) in [6.07, 6.45) is 0.186. The Morgan fingerprint density at radius 1 is 1.35 bits per heavy atom. The van der Waals surface area contributed by atoms with Crippen molar-refractivity contribution in [2.24, 2.45) is 5.92 Å². The molecule has 0 aliphatic heterocycles. The fraction of sp³-hybridized carbons (Fsp3) is 0.533. The lowest BCUT2D eigenvalue weighted by Gasteiger charge is -2.15. The fourth-order valence-corrected chi connectivity index (χ4v) is 1.89. The van der Waals surface area contributed by atoms with Crippen molar-refractivity contribution < 1.29 is 14.6 Å². The van der Waals surface area contributed by atoms with Gasteiger partial charge in [-0.15, -0.1) is 0 Å². The van der Waals surface area contributed by atoms with Crippen LogP contribution in [0.1, 0.15) is 20.3 Å². The highest BCUT2D eigenvalue weighted by Crippen LogP contribution is 2.22. The average Bonchev–Trinajstić information content (AvgIpc) is 2.42. The third kappa shape index (κ3) is 5.93. The molecule has 5 nitrogen and oxygen atoms in total. The van der Waals surface area contributed by atoms with E-state index >= 15 is 0 Å². The number of methoxy groups -OCH3 is 1. The van der Waals surface area contributed by atoms with E-state index in [2.05, 4.69) is 10.6 Å². The molecule has 3 N–H and O–H groups in total. The lowest BCUT2D eigenvalue weighted by Crippen LogP contribution is -2.36. The average molecular weight is 280 g/mol. The van der Waals surface area contributed by atoms with Gasteiger partial charge in [0.2, 0.25) is 5.91 Å². The first kappa shape index (κ1) is 16.3. The molecular weight excluding hydrogens is 256 g/mol. The van der Waals surface area contributed by atoms with Crippen LogP contribution in [-0.2, 0) is 4.79 Å². The summed E-state index contributed by atoms with van der Waals surface area (Å²) in [5.74, 6) is 0.951. The van der Waals surface area contributed by atoms with Crippen LogP contribution in [0.3, 0.4) is 0 Å². The van der Waals surface area contributed by atoms with E-state index in [4.69, 9.17) is 4.74 Å². The predicted molar refractivity (Wildman–Crippen MR) is 80.0 cm³/mol. The van der Waals surface area contributed by atoms with E-state index in [0.717, 1.165) is 5.69 Å². The number of benzene rings is 1. The van der Waals surface area contributed by atoms with Crippen LogP contribution in [0.25, 0.3) is 0 Å². The molecule has 1 amide bonds. The van der Waals surface area contributed by atoms with Crippen LogP contribution in [0.2, 0.25) is 0 Å². The van der Waals surface area contributed by atoms with Gasteiger partial charge in [0.25, 0.3) is 0 Å². The van der Waals surface area contributed by atoms with E-state index in [0.29, 0.717) is 18.1 Å². The molecule has 1 rings (SSSR count). The Balaban J connectivity index is 2.33. The smallest absolute Gasteiger partial charge is 0.239 e. The molecule has 1 aromatic rings. The standard InChI is InChI=1S/C15H24N2O3/c1-11(2)8-12(18)9-17-15(19)10-16-13-6-4-5-7-14(13)20-3/h4-7,11-12,16,18H,8-10H2,1-3H3,(H,17,19). The summed E-state index contributed by atoms with van der Waals surface area (Å²) in [5.41, 5.74) is 0.771. The first-order valence-corrected chi connectivity index (χ1v) is 6.84. The van der Waals surface area contributed by atoms with Crippen molar-refractivity contribution in [3.8, 4) is 5.75 Å². The summed E-state index contributed by atoms with van der Waals surface area (Å²) in [5, 5.41) is 15.4. The van der Waals surface area contributed by atoms with Crippen molar-refractivity contribution >= 4 is 11.6 Å². The van der Waals surface area contributed by atoms with E-state index in [9.17, 15) is 9.90 Å². The van der Waals surface area contributed by atoms with Crippen LogP contribution in [-0.4, -0.2) is 37.3 Å². The second kappa shape index (κ2) is 8.43. The number of aliphatic hydroxyl groups excluding tert-OH is 1. The number of anilines is 1. The summed E-state index contributed by atoms with van der Waals surface area (Å²) in [6, 6.07) is 7.41. The number of rotatable bonds is 8. The molecule has 0 heterocycles. The minimum atomic E-state index is -0.495. The van der Waals surface area contributed by atoms with Crippen molar-refractivity contribution in [1.29, 1.82) is 0 Å². The van der Waals surface area contributed by atoms with E-state index in [1.54, 1.807) is 7.11 Å². The van der Waals surface area contributed by atoms with Gasteiger partial charge in [-0.3, -0.25) is 4.79 Å². The van der Waals surface area contributed by atoms with Gasteiger partial charge in [0.15, 0.2) is 0 Å². The van der Waals surface area contributed by atoms with Crippen LogP contribution >= 0.6 is 0 Å². The first-order valence-electron chi connectivity index (χ1n) is 6.84. The predicted octanol–water partition coefficient (Wildman–Crippen LogP) is 1.63. The zero-order valence-corrected chi connectivity index (χ0v) is 12.3. The Morgan fingerprint density at radius 2 is 2.05 bits per heavy atom. The Labute approximate surface area is 120 Å². The van der Waals surface area contributed by atoms with Gasteiger partial charge in [-0.05, 0) is 24.5 Å². The number of hydrogen-bond acceptors (Lipinski definition) is 4. The number of carbonyl (C=O) groups is 1. The van der Waals surface area contributed by atoms with Gasteiger partial charge >= 0.3 is 0 Å². The first-order chi connectivity index (χ1) is 9.52. The normalized spacial score (nSPS) is 12.1. The molecule has 1 unspecified atom stereocenters. The monoisotopic (exact) mass is 280 g/mol. The Bertz CT molecular complexity index is 421. The van der Waals surface area contributed by atoms with E-state index in [-0.39, 0.29) is 19.0 Å². The van der Waals surface area contributed by atoms with Gasteiger partial charge in [0.05, 0.1) is 25.4 Å². The topological polar surface area (TPSA) is 70.6 Å². The van der Waals surface area contributed by atoms with Gasteiger partial charge in [0.1, 0.15) is 5.75 Å². The fourth-order valence-electron chi connectivity index (χ4n) is 1.89. The van der Waals surface area contributed by atoms with Crippen molar-refractivity contribution in [1.82, 2.24) is 5.32 Å². The molecule has 0 radical (unpaired) electrons. The molecule has 112 valence electrons. The molecule has 0 saturated carbocycles. The molecule has 0 bridgehead atoms. The Hall–Kier alpha value is -1.75. The second-order valence-electron chi connectivity index (χ2n) is 5.14.